The molecule has 1 unspecified atom stereocenters. The van der Waals surface area contributed by atoms with Crippen LogP contribution < -0.4 is 5.32 Å². The molecule has 0 radical (unpaired) electrons. The minimum absolute atomic E-state index is 0.344. The van der Waals surface area contributed by atoms with Crippen molar-refractivity contribution in [3.63, 3.8) is 0 Å². The smallest absolute Gasteiger partial charge is 0.154 e. The number of alkyl halides is 1. The van der Waals surface area contributed by atoms with Gasteiger partial charge in [0.2, 0.25) is 0 Å². The van der Waals surface area contributed by atoms with Gasteiger partial charge in [-0.15, -0.1) is 0 Å². The zero-order valence-electron chi connectivity index (χ0n) is 6.94. The van der Waals surface area contributed by atoms with E-state index < -0.39 is 0 Å². The van der Waals surface area contributed by atoms with Gasteiger partial charge in [0.1, 0.15) is 0 Å². The Morgan fingerprint density at radius 3 is 2.85 bits per heavy atom. The summed E-state index contributed by atoms with van der Waals surface area (Å²) in [5.41, 5.74) is 0.954. The first-order valence-electron chi connectivity index (χ1n) is 4.04. The van der Waals surface area contributed by atoms with Gasteiger partial charge in [0.15, 0.2) is 4.45 Å². The highest BCUT2D eigenvalue weighted by atomic mass is 79.9. The normalized spacial score (nSPS) is 25.6. The van der Waals surface area contributed by atoms with E-state index in [1.807, 2.05) is 42.6 Å². The topological polar surface area (TPSA) is 24.9 Å². The van der Waals surface area contributed by atoms with Crippen LogP contribution in [0.5, 0.6) is 0 Å². The van der Waals surface area contributed by atoms with E-state index in [2.05, 4.69) is 26.2 Å². The Bertz CT molecular complexity index is 345. The van der Waals surface area contributed by atoms with E-state index in [9.17, 15) is 0 Å². The summed E-state index contributed by atoms with van der Waals surface area (Å²) in [5, 5.41) is 3.20. The third-order valence-corrected chi connectivity index (χ3v) is 2.76. The van der Waals surface area contributed by atoms with Crippen molar-refractivity contribution < 1.29 is 0 Å². The van der Waals surface area contributed by atoms with E-state index in [1.165, 1.54) is 0 Å². The Hall–Kier alpha value is -1.09. The molecule has 2 heterocycles. The SMILES string of the molecule is BrC1(c2ccccn2)C=CC=CN1. The number of allylic oxidation sites excluding steroid dienone is 2. The molecule has 13 heavy (non-hydrogen) atoms. The number of rotatable bonds is 1. The number of hydrogen-bond acceptors (Lipinski definition) is 2. The van der Waals surface area contributed by atoms with Crippen LogP contribution in [-0.2, 0) is 4.45 Å². The number of aromatic nitrogens is 1. The van der Waals surface area contributed by atoms with Crippen molar-refractivity contribution in [2.24, 2.45) is 0 Å². The van der Waals surface area contributed by atoms with Crippen LogP contribution in [-0.4, -0.2) is 4.98 Å². The minimum atomic E-state index is -0.344. The first kappa shape index (κ1) is 8.51. The van der Waals surface area contributed by atoms with E-state index in [4.69, 9.17) is 0 Å². The maximum atomic E-state index is 4.28. The number of pyridine rings is 1. The summed E-state index contributed by atoms with van der Waals surface area (Å²) in [6.45, 7) is 0. The van der Waals surface area contributed by atoms with Crippen molar-refractivity contribution in [1.82, 2.24) is 10.3 Å². The highest BCUT2D eigenvalue weighted by Gasteiger charge is 2.26. The molecular formula is C10H9BrN2. The predicted octanol–water partition coefficient (Wildman–Crippen LogP) is 2.30. The van der Waals surface area contributed by atoms with Gasteiger partial charge in [-0.2, -0.15) is 0 Å². The maximum Gasteiger partial charge on any atom is 0.154 e. The molecule has 2 nitrogen and oxygen atoms in total. The molecule has 3 heteroatoms. The van der Waals surface area contributed by atoms with Gasteiger partial charge in [-0.25, -0.2) is 0 Å². The summed E-state index contributed by atoms with van der Waals surface area (Å²) in [6, 6.07) is 5.85. The van der Waals surface area contributed by atoms with Gasteiger partial charge in [-0.05, 0) is 46.4 Å². The fourth-order valence-electron chi connectivity index (χ4n) is 1.20. The zero-order chi connectivity index (χ0) is 9.15. The Labute approximate surface area is 85.5 Å². The van der Waals surface area contributed by atoms with Crippen molar-refractivity contribution in [2.75, 3.05) is 0 Å². The van der Waals surface area contributed by atoms with Crippen LogP contribution in [0, 0.1) is 0 Å². The number of nitrogens with zero attached hydrogens (tertiary/aromatic N) is 1. The minimum Gasteiger partial charge on any atom is -0.368 e. The zero-order valence-corrected chi connectivity index (χ0v) is 8.53. The average molecular weight is 237 g/mol. The Morgan fingerprint density at radius 1 is 1.31 bits per heavy atom. The second-order valence-electron chi connectivity index (χ2n) is 2.79. The molecule has 0 fully saturated rings. The van der Waals surface area contributed by atoms with E-state index in [1.54, 1.807) is 6.20 Å². The summed E-state index contributed by atoms with van der Waals surface area (Å²) in [4.78, 5) is 4.28. The van der Waals surface area contributed by atoms with Crippen LogP contribution in [0.1, 0.15) is 5.69 Å². The lowest BCUT2D eigenvalue weighted by Gasteiger charge is -2.25. The standard InChI is InChI=1S/C10H9BrN2/c11-10(6-2-4-8-13-10)9-5-1-3-7-12-9/h1-8,13H. The first-order valence-corrected chi connectivity index (χ1v) is 4.83. The summed E-state index contributed by atoms with van der Waals surface area (Å²) >= 11 is 3.59. The van der Waals surface area contributed by atoms with Crippen molar-refractivity contribution in [3.05, 3.63) is 54.5 Å². The third-order valence-electron chi connectivity index (χ3n) is 1.86. The molecule has 0 aromatic carbocycles. The second-order valence-corrected chi connectivity index (χ2v) is 4.04. The largest absolute Gasteiger partial charge is 0.368 e. The van der Waals surface area contributed by atoms with Crippen LogP contribution in [0.4, 0.5) is 0 Å². The van der Waals surface area contributed by atoms with Gasteiger partial charge in [0, 0.05) is 6.20 Å². The van der Waals surface area contributed by atoms with Crippen molar-refractivity contribution in [3.8, 4) is 0 Å². The molecule has 1 atom stereocenters. The summed E-state index contributed by atoms with van der Waals surface area (Å²) in [7, 11) is 0. The van der Waals surface area contributed by atoms with Gasteiger partial charge in [-0.3, -0.25) is 4.98 Å². The highest BCUT2D eigenvalue weighted by molar-refractivity contribution is 9.09. The Kier molecular flexibility index (Phi) is 2.19. The summed E-state index contributed by atoms with van der Waals surface area (Å²) in [5.74, 6) is 0. The van der Waals surface area contributed by atoms with Crippen LogP contribution in [0.15, 0.2) is 48.8 Å². The molecule has 0 saturated carbocycles. The molecule has 1 aliphatic heterocycles. The fraction of sp³-hybridized carbons (Fsp3) is 0.100. The number of hydrogen-bond donors (Lipinski definition) is 1. The number of dihydropyridines is 1. The first-order chi connectivity index (χ1) is 6.31. The average Bonchev–Trinajstić information content (AvgIpc) is 2.20. The third kappa shape index (κ3) is 1.65. The summed E-state index contributed by atoms with van der Waals surface area (Å²) < 4.78 is -0.344. The quantitative estimate of drug-likeness (QED) is 0.598. The fourth-order valence-corrected chi connectivity index (χ4v) is 1.72. The molecule has 1 N–H and O–H groups in total. The Balaban J connectivity index is 2.35. The maximum absolute atomic E-state index is 4.28. The molecule has 2 rings (SSSR count). The van der Waals surface area contributed by atoms with Crippen molar-refractivity contribution >= 4 is 15.9 Å². The van der Waals surface area contributed by atoms with Crippen LogP contribution in [0.3, 0.4) is 0 Å². The second kappa shape index (κ2) is 3.34. The van der Waals surface area contributed by atoms with Crippen molar-refractivity contribution in [1.29, 1.82) is 0 Å². The highest BCUT2D eigenvalue weighted by Crippen LogP contribution is 2.29. The molecule has 66 valence electrons. The molecule has 1 aromatic heterocycles. The molecule has 0 amide bonds. The molecule has 0 aliphatic carbocycles. The van der Waals surface area contributed by atoms with E-state index >= 15 is 0 Å². The van der Waals surface area contributed by atoms with Crippen LogP contribution in [0.2, 0.25) is 0 Å². The van der Waals surface area contributed by atoms with Gasteiger partial charge in [0.05, 0.1) is 5.69 Å². The number of halogens is 1. The lowest BCUT2D eigenvalue weighted by atomic mass is 10.1. The van der Waals surface area contributed by atoms with Crippen LogP contribution >= 0.6 is 15.9 Å². The Morgan fingerprint density at radius 2 is 2.23 bits per heavy atom. The van der Waals surface area contributed by atoms with E-state index in [-0.39, 0.29) is 4.45 Å². The van der Waals surface area contributed by atoms with Crippen LogP contribution in [0.25, 0.3) is 0 Å². The molecule has 1 aromatic rings. The van der Waals surface area contributed by atoms with Gasteiger partial charge >= 0.3 is 0 Å². The van der Waals surface area contributed by atoms with E-state index in [0.717, 1.165) is 5.69 Å². The molecule has 0 saturated heterocycles. The molecule has 1 aliphatic rings. The summed E-state index contributed by atoms with van der Waals surface area (Å²) in [6.07, 6.45) is 9.63. The van der Waals surface area contributed by atoms with Gasteiger partial charge in [-0.1, -0.05) is 12.1 Å². The van der Waals surface area contributed by atoms with E-state index in [0.29, 0.717) is 0 Å². The molecule has 0 bridgehead atoms. The van der Waals surface area contributed by atoms with Gasteiger partial charge in [0.25, 0.3) is 0 Å². The molecular weight excluding hydrogens is 228 g/mol. The molecule has 0 spiro atoms. The lowest BCUT2D eigenvalue weighted by Crippen LogP contribution is -2.32. The lowest BCUT2D eigenvalue weighted by molar-refractivity contribution is 0.672. The van der Waals surface area contributed by atoms with Crippen molar-refractivity contribution in [2.45, 2.75) is 4.45 Å². The number of nitrogens with one attached hydrogen (secondary N) is 1. The predicted molar refractivity (Wildman–Crippen MR) is 56.3 cm³/mol. The monoisotopic (exact) mass is 236 g/mol. The van der Waals surface area contributed by atoms with Gasteiger partial charge < -0.3 is 5.32 Å².